The summed E-state index contributed by atoms with van der Waals surface area (Å²) >= 11 is 0. The summed E-state index contributed by atoms with van der Waals surface area (Å²) < 4.78 is 59.3. The summed E-state index contributed by atoms with van der Waals surface area (Å²) in [6.45, 7) is 6.35. The maximum atomic E-state index is 14.6. The summed E-state index contributed by atoms with van der Waals surface area (Å²) in [6, 6.07) is 1.90. The van der Waals surface area contributed by atoms with Crippen molar-refractivity contribution in [2.45, 2.75) is 133 Å². The van der Waals surface area contributed by atoms with E-state index in [1.165, 1.54) is 23.1 Å². The molecular weight excluding hydrogens is 766 g/mol. The van der Waals surface area contributed by atoms with Crippen molar-refractivity contribution in [1.82, 2.24) is 25.2 Å². The molecule has 3 aliphatic heterocycles. The van der Waals surface area contributed by atoms with Gasteiger partial charge in [0.15, 0.2) is 0 Å². The topological polar surface area (TPSA) is 207 Å². The number of hydrogen-bond donors (Lipinski definition) is 3. The summed E-state index contributed by atoms with van der Waals surface area (Å²) in [5, 5.41) is 4.65. The molecule has 57 heavy (non-hydrogen) atoms. The molecule has 1 saturated heterocycles. The van der Waals surface area contributed by atoms with E-state index in [-0.39, 0.29) is 45.3 Å². The first-order valence-corrected chi connectivity index (χ1v) is 20.8. The number of nitrogens with zero attached hydrogens (tertiary/aromatic N) is 2. The summed E-state index contributed by atoms with van der Waals surface area (Å²) in [7, 11) is -4.00. The molecule has 0 aromatic heterocycles. The van der Waals surface area contributed by atoms with E-state index in [1.807, 2.05) is 0 Å². The number of rotatable bonds is 7. The Morgan fingerprint density at radius 3 is 2.46 bits per heavy atom. The zero-order chi connectivity index (χ0) is 41.3. The van der Waals surface area contributed by atoms with Crippen molar-refractivity contribution in [3.8, 4) is 0 Å². The number of hydrogen-bond acceptors (Lipinski definition) is 11. The van der Waals surface area contributed by atoms with Gasteiger partial charge in [0.1, 0.15) is 41.2 Å². The second-order valence-electron chi connectivity index (χ2n) is 16.3. The van der Waals surface area contributed by atoms with Gasteiger partial charge in [0.25, 0.3) is 5.91 Å². The van der Waals surface area contributed by atoms with Gasteiger partial charge >= 0.3 is 18.2 Å². The fourth-order valence-electron chi connectivity index (χ4n) is 7.47. The molecular formula is C39H50FN5O11S. The van der Waals surface area contributed by atoms with Crippen molar-refractivity contribution in [3.05, 3.63) is 59.4 Å². The number of esters is 1. The quantitative estimate of drug-likeness (QED) is 0.158. The lowest BCUT2D eigenvalue weighted by molar-refractivity contribution is -0.144. The van der Waals surface area contributed by atoms with Gasteiger partial charge in [0, 0.05) is 30.5 Å². The Morgan fingerprint density at radius 2 is 1.77 bits per heavy atom. The molecule has 6 atom stereocenters. The van der Waals surface area contributed by atoms with Crippen molar-refractivity contribution >= 4 is 45.9 Å². The Morgan fingerprint density at radius 1 is 1.02 bits per heavy atom. The average Bonchev–Trinajstić information content (AvgIpc) is 4.01. The molecule has 5 aliphatic rings. The van der Waals surface area contributed by atoms with E-state index in [2.05, 4.69) is 15.4 Å². The number of halogens is 1. The third kappa shape index (κ3) is 9.94. The largest absolute Gasteiger partial charge is 0.459 e. The highest BCUT2D eigenvalue weighted by Crippen LogP contribution is 2.46. The Kier molecular flexibility index (Phi) is 12.0. The predicted octanol–water partition coefficient (Wildman–Crippen LogP) is 3.24. The first kappa shape index (κ1) is 41.6. The summed E-state index contributed by atoms with van der Waals surface area (Å²) in [4.78, 5) is 84.2. The van der Waals surface area contributed by atoms with Crippen LogP contribution in [0.5, 0.6) is 0 Å². The van der Waals surface area contributed by atoms with Crippen LogP contribution in [0.1, 0.15) is 90.2 Å². The third-order valence-corrected chi connectivity index (χ3v) is 12.5. The van der Waals surface area contributed by atoms with Crippen LogP contribution in [0.15, 0.2) is 42.5 Å². The lowest BCUT2D eigenvalue weighted by atomic mass is 10.0. The predicted molar refractivity (Wildman–Crippen MR) is 201 cm³/mol. The maximum Gasteiger partial charge on any atom is 0.410 e. The zero-order valence-corrected chi connectivity index (χ0v) is 33.3. The van der Waals surface area contributed by atoms with E-state index in [0.29, 0.717) is 36.8 Å². The summed E-state index contributed by atoms with van der Waals surface area (Å²) in [6.07, 6.45) is 4.18. The van der Waals surface area contributed by atoms with Crippen molar-refractivity contribution in [2.24, 2.45) is 5.92 Å². The highest BCUT2D eigenvalue weighted by molar-refractivity contribution is 7.91. The number of ether oxygens (including phenoxy) is 3. The van der Waals surface area contributed by atoms with Crippen molar-refractivity contribution < 1.29 is 55.8 Å². The Labute approximate surface area is 330 Å². The van der Waals surface area contributed by atoms with Gasteiger partial charge in [-0.25, -0.2) is 27.2 Å². The smallest absolute Gasteiger partial charge is 0.410 e. The second-order valence-corrected chi connectivity index (χ2v) is 18.2. The van der Waals surface area contributed by atoms with Gasteiger partial charge in [0.05, 0.1) is 18.3 Å². The fourth-order valence-corrected chi connectivity index (χ4v) is 8.84. The Hall–Kier alpha value is -5.00. The SMILES string of the molecule is C/C=C/C(=O)OC1CC/C=C\C2C[C@@]2(C(=O)NS(=O)(=O)C2CC2)NC(=O)[C@@H]2C[C@@H](OC(=O)N3Cc4cccc(F)c4C3)CN2C(=O)[C@@H](NC(=O)OC(C)(C)C)CC1. The molecule has 3 heterocycles. The molecule has 2 saturated carbocycles. The minimum Gasteiger partial charge on any atom is -0.459 e. The molecule has 6 rings (SSSR count). The molecule has 3 N–H and O–H groups in total. The van der Waals surface area contributed by atoms with Crippen LogP contribution in [0.25, 0.3) is 0 Å². The molecule has 0 spiro atoms. The molecule has 5 amide bonds. The van der Waals surface area contributed by atoms with Crippen LogP contribution >= 0.6 is 0 Å². The third-order valence-electron chi connectivity index (χ3n) is 10.6. The molecule has 2 aliphatic carbocycles. The molecule has 1 aromatic carbocycles. The van der Waals surface area contributed by atoms with Crippen LogP contribution in [0, 0.1) is 11.7 Å². The Balaban J connectivity index is 1.30. The molecule has 310 valence electrons. The van der Waals surface area contributed by atoms with E-state index >= 15 is 0 Å². The zero-order valence-electron chi connectivity index (χ0n) is 32.5. The monoisotopic (exact) mass is 815 g/mol. The van der Waals surface area contributed by atoms with Crippen LogP contribution in [0.4, 0.5) is 14.0 Å². The minimum absolute atomic E-state index is 0.0436. The first-order chi connectivity index (χ1) is 26.9. The summed E-state index contributed by atoms with van der Waals surface area (Å²) in [5.74, 6) is -4.12. The van der Waals surface area contributed by atoms with Gasteiger partial charge in [0.2, 0.25) is 21.8 Å². The standard InChI is InChI=1S/C39H50FN5O11S/c1-5-9-32(46)54-25-12-7-6-11-24-19-39(24,35(49)43-57(52,53)27-15-16-27)42-33(47)31-18-26(55-37(51)44-20-23-10-8-13-29(40)28(23)22-44)21-45(31)34(48)30(17-14-25)41-36(50)56-38(2,3)4/h5-6,8-11,13,24-27,30-31H,7,12,14-22H2,1-4H3,(H,41,50)(H,42,47)(H,43,49)/b9-5+,11-6-/t24?,25?,26-,30+,31+,39-/m1/s1. The van der Waals surface area contributed by atoms with Crippen LogP contribution in [-0.4, -0.2) is 101 Å². The Bertz CT molecular complexity index is 1960. The van der Waals surface area contributed by atoms with Gasteiger partial charge in [-0.3, -0.25) is 24.0 Å². The van der Waals surface area contributed by atoms with E-state index in [1.54, 1.807) is 52.0 Å². The number of nitrogens with one attached hydrogen (secondary N) is 3. The van der Waals surface area contributed by atoms with Crippen LogP contribution in [-0.2, 0) is 56.5 Å². The van der Waals surface area contributed by atoms with E-state index in [0.717, 1.165) is 4.90 Å². The van der Waals surface area contributed by atoms with E-state index in [4.69, 9.17) is 14.2 Å². The lowest BCUT2D eigenvalue weighted by Gasteiger charge is -2.31. The van der Waals surface area contributed by atoms with Crippen molar-refractivity contribution in [1.29, 1.82) is 0 Å². The first-order valence-electron chi connectivity index (χ1n) is 19.3. The highest BCUT2D eigenvalue weighted by atomic mass is 32.2. The lowest BCUT2D eigenvalue weighted by Crippen LogP contribution is -2.58. The van der Waals surface area contributed by atoms with Crippen molar-refractivity contribution in [3.63, 3.8) is 0 Å². The molecule has 3 fully saturated rings. The van der Waals surface area contributed by atoms with Crippen LogP contribution in [0.2, 0.25) is 0 Å². The molecule has 1 aromatic rings. The number of allylic oxidation sites excluding steroid dienone is 2. The van der Waals surface area contributed by atoms with E-state index < -0.39 is 98.3 Å². The van der Waals surface area contributed by atoms with Gasteiger partial charge in [-0.05, 0) is 84.3 Å². The maximum absolute atomic E-state index is 14.6. The number of alkyl carbamates (subject to hydrolysis) is 1. The van der Waals surface area contributed by atoms with Crippen molar-refractivity contribution in [2.75, 3.05) is 6.54 Å². The van der Waals surface area contributed by atoms with Gasteiger partial charge in [-0.15, -0.1) is 0 Å². The van der Waals surface area contributed by atoms with Crippen LogP contribution < -0.4 is 15.4 Å². The molecule has 2 unspecified atom stereocenters. The molecule has 0 bridgehead atoms. The number of carbonyl (C=O) groups excluding carboxylic acids is 6. The number of amides is 5. The van der Waals surface area contributed by atoms with Crippen LogP contribution in [0.3, 0.4) is 0 Å². The molecule has 18 heteroatoms. The molecule has 16 nitrogen and oxygen atoms in total. The number of fused-ring (bicyclic) bond motifs is 3. The normalized spacial score (nSPS) is 28.5. The second kappa shape index (κ2) is 16.5. The van der Waals surface area contributed by atoms with Gasteiger partial charge in [-0.2, -0.15) is 0 Å². The van der Waals surface area contributed by atoms with E-state index in [9.17, 15) is 41.6 Å². The minimum atomic E-state index is -4.00. The number of benzene rings is 1. The highest BCUT2D eigenvalue weighted by Gasteiger charge is 2.62. The summed E-state index contributed by atoms with van der Waals surface area (Å²) in [5.41, 5.74) is -1.63. The van der Waals surface area contributed by atoms with Gasteiger partial charge in [-0.1, -0.05) is 30.4 Å². The van der Waals surface area contributed by atoms with Gasteiger partial charge < -0.3 is 29.7 Å². The average molecular weight is 816 g/mol. The molecule has 0 radical (unpaired) electrons. The fraction of sp³-hybridized carbons (Fsp3) is 0.590. The number of carbonyl (C=O) groups is 6. The number of sulfonamides is 1.